The molecule has 0 N–H and O–H groups in total. The van der Waals surface area contributed by atoms with Crippen LogP contribution in [0, 0.1) is 0 Å². The third-order valence-corrected chi connectivity index (χ3v) is 5.13. The highest BCUT2D eigenvalue weighted by atomic mass is 16.6. The van der Waals surface area contributed by atoms with Crippen LogP contribution >= 0.6 is 0 Å². The van der Waals surface area contributed by atoms with E-state index in [2.05, 4.69) is 6.92 Å². The summed E-state index contributed by atoms with van der Waals surface area (Å²) in [6, 6.07) is 6.65. The number of benzene rings is 1. The zero-order chi connectivity index (χ0) is 21.0. The maximum absolute atomic E-state index is 11.7. The normalized spacial score (nSPS) is 10.7. The van der Waals surface area contributed by atoms with Crippen LogP contribution < -0.4 is 4.74 Å². The third-order valence-electron chi connectivity index (χ3n) is 5.13. The van der Waals surface area contributed by atoms with Crippen molar-refractivity contribution in [3.05, 3.63) is 29.8 Å². The van der Waals surface area contributed by atoms with E-state index in [1.165, 1.54) is 77.0 Å². The minimum absolute atomic E-state index is 0.0982. The zero-order valence-corrected chi connectivity index (χ0v) is 18.3. The number of ether oxygens (including phenoxy) is 2. The van der Waals surface area contributed by atoms with Crippen molar-refractivity contribution in [3.8, 4) is 5.75 Å². The number of unbranched alkanes of at least 4 members (excludes halogenated alkanes) is 13. The van der Waals surface area contributed by atoms with Crippen LogP contribution in [0.4, 0.5) is 0 Å². The molecule has 0 amide bonds. The van der Waals surface area contributed by atoms with Gasteiger partial charge in [0.15, 0.2) is 6.61 Å². The first-order valence-corrected chi connectivity index (χ1v) is 11.6. The van der Waals surface area contributed by atoms with Gasteiger partial charge in [-0.2, -0.15) is 0 Å². The minimum Gasteiger partial charge on any atom is -0.482 e. The quantitative estimate of drug-likeness (QED) is 0.143. The monoisotopic (exact) mass is 404 g/mol. The first-order valence-electron chi connectivity index (χ1n) is 11.6. The van der Waals surface area contributed by atoms with Crippen LogP contribution in [-0.4, -0.2) is 25.5 Å². The van der Waals surface area contributed by atoms with Crippen molar-refractivity contribution in [2.75, 3.05) is 13.2 Å². The largest absolute Gasteiger partial charge is 0.482 e. The van der Waals surface area contributed by atoms with Gasteiger partial charge in [0.1, 0.15) is 12.0 Å². The lowest BCUT2D eigenvalue weighted by molar-refractivity contribution is -0.146. The summed E-state index contributed by atoms with van der Waals surface area (Å²) in [6.07, 6.45) is 19.1. The van der Waals surface area contributed by atoms with E-state index in [9.17, 15) is 9.59 Å². The zero-order valence-electron chi connectivity index (χ0n) is 18.3. The Morgan fingerprint density at radius 3 is 1.72 bits per heavy atom. The predicted octanol–water partition coefficient (Wildman–Crippen LogP) is 6.90. The number of hydrogen-bond donors (Lipinski definition) is 0. The van der Waals surface area contributed by atoms with Crippen molar-refractivity contribution in [1.29, 1.82) is 0 Å². The summed E-state index contributed by atoms with van der Waals surface area (Å²) in [4.78, 5) is 22.3. The third kappa shape index (κ3) is 14.8. The standard InChI is InChI=1S/C25H40O4/c1-2-3-4-5-6-7-8-9-10-11-12-13-14-15-20-28-25(27)22-29-24-18-16-23(21-26)17-19-24/h16-19,21H,2-15,20,22H2,1H3. The molecular weight excluding hydrogens is 364 g/mol. The number of carbonyl (C=O) groups is 2. The molecule has 0 fully saturated rings. The summed E-state index contributed by atoms with van der Waals surface area (Å²) in [6.45, 7) is 2.63. The van der Waals surface area contributed by atoms with Crippen LogP contribution in [0.1, 0.15) is 107 Å². The van der Waals surface area contributed by atoms with Gasteiger partial charge >= 0.3 is 5.97 Å². The molecule has 0 unspecified atom stereocenters. The highest BCUT2D eigenvalue weighted by Gasteiger charge is 2.04. The van der Waals surface area contributed by atoms with Crippen molar-refractivity contribution >= 4 is 12.3 Å². The molecule has 1 rings (SSSR count). The van der Waals surface area contributed by atoms with E-state index in [1.807, 2.05) is 0 Å². The Morgan fingerprint density at radius 1 is 0.759 bits per heavy atom. The Bertz CT molecular complexity index is 524. The number of carbonyl (C=O) groups excluding carboxylic acids is 2. The molecule has 0 bridgehead atoms. The van der Waals surface area contributed by atoms with Gasteiger partial charge in [-0.25, -0.2) is 4.79 Å². The van der Waals surface area contributed by atoms with Gasteiger partial charge in [-0.3, -0.25) is 4.79 Å². The predicted molar refractivity (Wildman–Crippen MR) is 119 cm³/mol. The number of hydrogen-bond acceptors (Lipinski definition) is 4. The average molecular weight is 405 g/mol. The Labute approximate surface area is 177 Å². The second kappa shape index (κ2) is 18.2. The molecule has 0 aliphatic rings. The van der Waals surface area contributed by atoms with Gasteiger partial charge in [0, 0.05) is 5.56 Å². The van der Waals surface area contributed by atoms with Crippen molar-refractivity contribution in [2.45, 2.75) is 96.8 Å². The molecule has 0 aromatic heterocycles. The Kier molecular flexibility index (Phi) is 15.8. The first kappa shape index (κ1) is 25.2. The number of aldehydes is 1. The van der Waals surface area contributed by atoms with Crippen LogP contribution in [0.5, 0.6) is 5.75 Å². The molecule has 29 heavy (non-hydrogen) atoms. The lowest BCUT2D eigenvalue weighted by Crippen LogP contribution is -2.15. The maximum atomic E-state index is 11.7. The molecule has 4 heteroatoms. The molecule has 0 radical (unpaired) electrons. The maximum Gasteiger partial charge on any atom is 0.344 e. The van der Waals surface area contributed by atoms with Crippen molar-refractivity contribution in [1.82, 2.24) is 0 Å². The summed E-state index contributed by atoms with van der Waals surface area (Å²) >= 11 is 0. The van der Waals surface area contributed by atoms with E-state index in [0.29, 0.717) is 17.9 Å². The van der Waals surface area contributed by atoms with Crippen LogP contribution in [0.2, 0.25) is 0 Å². The van der Waals surface area contributed by atoms with Gasteiger partial charge in [-0.05, 0) is 30.7 Å². The van der Waals surface area contributed by atoms with Gasteiger partial charge < -0.3 is 9.47 Å². The molecule has 0 saturated heterocycles. The van der Waals surface area contributed by atoms with E-state index >= 15 is 0 Å². The lowest BCUT2D eigenvalue weighted by atomic mass is 10.0. The molecule has 0 saturated carbocycles. The van der Waals surface area contributed by atoms with Crippen LogP contribution in [0.3, 0.4) is 0 Å². The van der Waals surface area contributed by atoms with Gasteiger partial charge in [0.05, 0.1) is 6.61 Å². The highest BCUT2D eigenvalue weighted by Crippen LogP contribution is 2.13. The SMILES string of the molecule is CCCCCCCCCCCCCCCCOC(=O)COc1ccc(C=O)cc1. The van der Waals surface area contributed by atoms with E-state index in [-0.39, 0.29) is 12.6 Å². The van der Waals surface area contributed by atoms with E-state index in [1.54, 1.807) is 24.3 Å². The summed E-state index contributed by atoms with van der Waals surface area (Å²) in [5.74, 6) is 0.211. The fourth-order valence-corrected chi connectivity index (χ4v) is 3.31. The van der Waals surface area contributed by atoms with Crippen LogP contribution in [0.25, 0.3) is 0 Å². The smallest absolute Gasteiger partial charge is 0.344 e. The van der Waals surface area contributed by atoms with Gasteiger partial charge in [-0.1, -0.05) is 90.4 Å². The topological polar surface area (TPSA) is 52.6 Å². The lowest BCUT2D eigenvalue weighted by Gasteiger charge is -2.07. The molecule has 0 atom stereocenters. The minimum atomic E-state index is -0.348. The highest BCUT2D eigenvalue weighted by molar-refractivity contribution is 5.75. The molecule has 164 valence electrons. The molecule has 1 aromatic rings. The van der Waals surface area contributed by atoms with E-state index < -0.39 is 0 Å². The van der Waals surface area contributed by atoms with Crippen molar-refractivity contribution < 1.29 is 19.1 Å². The van der Waals surface area contributed by atoms with Crippen molar-refractivity contribution in [3.63, 3.8) is 0 Å². The Morgan fingerprint density at radius 2 is 1.24 bits per heavy atom. The second-order valence-corrected chi connectivity index (χ2v) is 7.79. The van der Waals surface area contributed by atoms with E-state index in [4.69, 9.17) is 9.47 Å². The Hall–Kier alpha value is -1.84. The fourth-order valence-electron chi connectivity index (χ4n) is 3.31. The molecule has 4 nitrogen and oxygen atoms in total. The molecule has 0 heterocycles. The summed E-state index contributed by atoms with van der Waals surface area (Å²) in [7, 11) is 0. The van der Waals surface area contributed by atoms with Gasteiger partial charge in [0.2, 0.25) is 0 Å². The number of rotatable bonds is 19. The van der Waals surface area contributed by atoms with Gasteiger partial charge in [-0.15, -0.1) is 0 Å². The second-order valence-electron chi connectivity index (χ2n) is 7.79. The molecule has 1 aromatic carbocycles. The average Bonchev–Trinajstić information content (AvgIpc) is 2.75. The molecular formula is C25H40O4. The molecule has 0 aliphatic heterocycles. The first-order chi connectivity index (χ1) is 14.3. The Balaban J connectivity index is 1.83. The van der Waals surface area contributed by atoms with Crippen LogP contribution in [-0.2, 0) is 9.53 Å². The summed E-state index contributed by atoms with van der Waals surface area (Å²) < 4.78 is 10.5. The molecule has 0 spiro atoms. The molecule has 0 aliphatic carbocycles. The fraction of sp³-hybridized carbons (Fsp3) is 0.680. The number of esters is 1. The summed E-state index contributed by atoms with van der Waals surface area (Å²) in [5, 5.41) is 0. The summed E-state index contributed by atoms with van der Waals surface area (Å²) in [5.41, 5.74) is 0.581. The van der Waals surface area contributed by atoms with Crippen LogP contribution in [0.15, 0.2) is 24.3 Å². The van der Waals surface area contributed by atoms with E-state index in [0.717, 1.165) is 19.1 Å². The van der Waals surface area contributed by atoms with Crippen molar-refractivity contribution in [2.24, 2.45) is 0 Å². The van der Waals surface area contributed by atoms with Gasteiger partial charge in [0.25, 0.3) is 0 Å².